The van der Waals surface area contributed by atoms with E-state index in [9.17, 15) is 9.59 Å². The quantitative estimate of drug-likeness (QED) is 0.762. The highest BCUT2D eigenvalue weighted by molar-refractivity contribution is 5.96. The van der Waals surface area contributed by atoms with Gasteiger partial charge in [-0.25, -0.2) is 0 Å². The van der Waals surface area contributed by atoms with Crippen molar-refractivity contribution < 1.29 is 19.1 Å². The predicted octanol–water partition coefficient (Wildman–Crippen LogP) is 2.95. The maximum absolute atomic E-state index is 12.3. The second kappa shape index (κ2) is 9.26. The number of amides is 2. The first kappa shape index (κ1) is 19.7. The van der Waals surface area contributed by atoms with Crippen LogP contribution in [-0.2, 0) is 16.0 Å². The molecule has 1 aliphatic rings. The summed E-state index contributed by atoms with van der Waals surface area (Å²) in [6.45, 7) is 3.02. The minimum absolute atomic E-state index is 0.0182. The molecule has 0 saturated carbocycles. The fourth-order valence-corrected chi connectivity index (χ4v) is 3.29. The lowest BCUT2D eigenvalue weighted by Gasteiger charge is -2.17. The predicted molar refractivity (Wildman–Crippen MR) is 108 cm³/mol. The van der Waals surface area contributed by atoms with E-state index in [1.807, 2.05) is 55.5 Å². The zero-order valence-corrected chi connectivity index (χ0v) is 16.3. The summed E-state index contributed by atoms with van der Waals surface area (Å²) in [5.74, 6) is 1.56. The Kier molecular flexibility index (Phi) is 6.53. The normalized spacial score (nSPS) is 16.1. The van der Waals surface area contributed by atoms with E-state index < -0.39 is 0 Å². The molecule has 3 rings (SSSR count). The van der Waals surface area contributed by atoms with E-state index in [0.29, 0.717) is 32.4 Å². The minimum atomic E-state index is -0.164. The highest BCUT2D eigenvalue weighted by Crippen LogP contribution is 2.24. The van der Waals surface area contributed by atoms with Crippen LogP contribution in [0.2, 0.25) is 0 Å². The number of anilines is 1. The van der Waals surface area contributed by atoms with Crippen molar-refractivity contribution in [3.8, 4) is 11.5 Å². The van der Waals surface area contributed by atoms with Crippen molar-refractivity contribution >= 4 is 17.5 Å². The van der Waals surface area contributed by atoms with Crippen molar-refractivity contribution in [1.29, 1.82) is 0 Å². The van der Waals surface area contributed by atoms with Gasteiger partial charge in [0.05, 0.1) is 19.8 Å². The average Bonchev–Trinajstić information content (AvgIpc) is 3.07. The summed E-state index contributed by atoms with van der Waals surface area (Å²) >= 11 is 0. The molecule has 6 heteroatoms. The number of nitrogens with one attached hydrogen (secondary N) is 1. The van der Waals surface area contributed by atoms with E-state index in [-0.39, 0.29) is 17.9 Å². The molecule has 2 aromatic rings. The third-order valence-corrected chi connectivity index (χ3v) is 4.75. The SMILES string of the molecule is CCOc1ccc(N2C[C@H](NC(=O)CCc3ccc(OC)cc3)CC2=O)cc1. The summed E-state index contributed by atoms with van der Waals surface area (Å²) in [6.07, 6.45) is 1.36. The standard InChI is InChI=1S/C22H26N2O4/c1-3-28-20-11-7-18(8-12-20)24-15-17(14-22(24)26)23-21(25)13-6-16-4-9-19(27-2)10-5-16/h4-5,7-12,17H,3,6,13-15H2,1-2H3,(H,23,25)/t17-/m1/s1. The summed E-state index contributed by atoms with van der Waals surface area (Å²) in [5, 5.41) is 2.98. The molecule has 28 heavy (non-hydrogen) atoms. The molecule has 0 aliphatic carbocycles. The molecule has 1 fully saturated rings. The Morgan fingerprint density at radius 3 is 2.43 bits per heavy atom. The molecule has 0 unspecified atom stereocenters. The van der Waals surface area contributed by atoms with E-state index in [4.69, 9.17) is 9.47 Å². The Balaban J connectivity index is 1.49. The number of methoxy groups -OCH3 is 1. The molecule has 6 nitrogen and oxygen atoms in total. The molecule has 0 radical (unpaired) electrons. The van der Waals surface area contributed by atoms with Gasteiger partial charge in [-0.15, -0.1) is 0 Å². The van der Waals surface area contributed by atoms with Gasteiger partial charge in [0.2, 0.25) is 11.8 Å². The van der Waals surface area contributed by atoms with Gasteiger partial charge >= 0.3 is 0 Å². The van der Waals surface area contributed by atoms with Crippen molar-refractivity contribution in [2.45, 2.75) is 32.2 Å². The van der Waals surface area contributed by atoms with E-state index in [1.165, 1.54) is 0 Å². The van der Waals surface area contributed by atoms with Crippen LogP contribution in [0.5, 0.6) is 11.5 Å². The van der Waals surface area contributed by atoms with Crippen LogP contribution in [0.3, 0.4) is 0 Å². The van der Waals surface area contributed by atoms with E-state index in [1.54, 1.807) is 12.0 Å². The maximum Gasteiger partial charge on any atom is 0.229 e. The number of ether oxygens (including phenoxy) is 2. The van der Waals surface area contributed by atoms with Gasteiger partial charge in [0.25, 0.3) is 0 Å². The lowest BCUT2D eigenvalue weighted by molar-refractivity contribution is -0.121. The van der Waals surface area contributed by atoms with Crippen LogP contribution in [0, 0.1) is 0 Å². The number of hydrogen-bond donors (Lipinski definition) is 1. The molecular weight excluding hydrogens is 356 g/mol. The third kappa shape index (κ3) is 5.03. The molecule has 1 N–H and O–H groups in total. The van der Waals surface area contributed by atoms with Crippen LogP contribution in [0.1, 0.15) is 25.3 Å². The smallest absolute Gasteiger partial charge is 0.229 e. The lowest BCUT2D eigenvalue weighted by atomic mass is 10.1. The van der Waals surface area contributed by atoms with Crippen molar-refractivity contribution in [3.63, 3.8) is 0 Å². The molecule has 0 bridgehead atoms. The zero-order valence-electron chi connectivity index (χ0n) is 16.3. The summed E-state index contributed by atoms with van der Waals surface area (Å²) in [7, 11) is 1.63. The van der Waals surface area contributed by atoms with E-state index >= 15 is 0 Å². The molecule has 1 saturated heterocycles. The Bertz CT molecular complexity index is 802. The lowest BCUT2D eigenvalue weighted by Crippen LogP contribution is -2.37. The first-order chi connectivity index (χ1) is 13.6. The van der Waals surface area contributed by atoms with Crippen molar-refractivity contribution in [1.82, 2.24) is 5.32 Å². The highest BCUT2D eigenvalue weighted by Gasteiger charge is 2.31. The third-order valence-electron chi connectivity index (χ3n) is 4.75. The second-order valence-electron chi connectivity index (χ2n) is 6.75. The van der Waals surface area contributed by atoms with Crippen LogP contribution < -0.4 is 19.7 Å². The maximum atomic E-state index is 12.3. The fraction of sp³-hybridized carbons (Fsp3) is 0.364. The fourth-order valence-electron chi connectivity index (χ4n) is 3.29. The van der Waals surface area contributed by atoms with Crippen LogP contribution in [-0.4, -0.2) is 38.1 Å². The molecule has 148 valence electrons. The number of carbonyl (C=O) groups excluding carboxylic acids is 2. The molecule has 2 amide bonds. The Morgan fingerprint density at radius 1 is 1.11 bits per heavy atom. The van der Waals surface area contributed by atoms with Crippen LogP contribution in [0.15, 0.2) is 48.5 Å². The van der Waals surface area contributed by atoms with Gasteiger partial charge in [-0.1, -0.05) is 12.1 Å². The molecular formula is C22H26N2O4. The molecule has 1 aliphatic heterocycles. The number of hydrogen-bond acceptors (Lipinski definition) is 4. The number of aryl methyl sites for hydroxylation is 1. The van der Waals surface area contributed by atoms with Crippen molar-refractivity contribution in [2.75, 3.05) is 25.2 Å². The average molecular weight is 382 g/mol. The first-order valence-corrected chi connectivity index (χ1v) is 9.54. The van der Waals surface area contributed by atoms with Crippen LogP contribution >= 0.6 is 0 Å². The summed E-state index contributed by atoms with van der Waals surface area (Å²) in [5.41, 5.74) is 1.90. The van der Waals surface area contributed by atoms with Crippen molar-refractivity contribution in [2.24, 2.45) is 0 Å². The minimum Gasteiger partial charge on any atom is -0.497 e. The molecule has 0 spiro atoms. The van der Waals surface area contributed by atoms with Gasteiger partial charge in [-0.3, -0.25) is 9.59 Å². The van der Waals surface area contributed by atoms with Gasteiger partial charge in [-0.05, 0) is 55.3 Å². The van der Waals surface area contributed by atoms with E-state index in [2.05, 4.69) is 5.32 Å². The molecule has 1 atom stereocenters. The number of rotatable bonds is 8. The van der Waals surface area contributed by atoms with Gasteiger partial charge in [0.1, 0.15) is 11.5 Å². The summed E-state index contributed by atoms with van der Waals surface area (Å²) in [6, 6.07) is 15.0. The number of nitrogens with zero attached hydrogens (tertiary/aromatic N) is 1. The highest BCUT2D eigenvalue weighted by atomic mass is 16.5. The molecule has 0 aromatic heterocycles. The molecule has 1 heterocycles. The number of carbonyl (C=O) groups is 2. The van der Waals surface area contributed by atoms with Gasteiger partial charge in [0.15, 0.2) is 0 Å². The topological polar surface area (TPSA) is 67.9 Å². The Morgan fingerprint density at radius 2 is 1.79 bits per heavy atom. The van der Waals surface area contributed by atoms with Gasteiger partial charge < -0.3 is 19.7 Å². The second-order valence-corrected chi connectivity index (χ2v) is 6.75. The van der Waals surface area contributed by atoms with Crippen LogP contribution in [0.4, 0.5) is 5.69 Å². The van der Waals surface area contributed by atoms with Crippen molar-refractivity contribution in [3.05, 3.63) is 54.1 Å². The summed E-state index contributed by atoms with van der Waals surface area (Å²) in [4.78, 5) is 26.3. The van der Waals surface area contributed by atoms with Crippen LogP contribution in [0.25, 0.3) is 0 Å². The van der Waals surface area contributed by atoms with E-state index in [0.717, 1.165) is 22.7 Å². The van der Waals surface area contributed by atoms with Gasteiger partial charge in [-0.2, -0.15) is 0 Å². The zero-order chi connectivity index (χ0) is 19.9. The monoisotopic (exact) mass is 382 g/mol. The Hall–Kier alpha value is -3.02. The first-order valence-electron chi connectivity index (χ1n) is 9.54. The molecule has 2 aromatic carbocycles. The summed E-state index contributed by atoms with van der Waals surface area (Å²) < 4.78 is 10.6. The number of benzene rings is 2. The van der Waals surface area contributed by atoms with Gasteiger partial charge in [0, 0.05) is 25.1 Å². The largest absolute Gasteiger partial charge is 0.497 e. The Labute approximate surface area is 165 Å².